The van der Waals surface area contributed by atoms with Crippen molar-refractivity contribution in [1.29, 1.82) is 0 Å². The predicted octanol–water partition coefficient (Wildman–Crippen LogP) is 14.4. The Bertz CT molecular complexity index is 3930. The van der Waals surface area contributed by atoms with Gasteiger partial charge < -0.3 is 8.98 Å². The summed E-state index contributed by atoms with van der Waals surface area (Å²) in [6.45, 7) is 0. The number of pyridine rings is 1. The second kappa shape index (κ2) is 13.5. The number of aromatic nitrogens is 5. The van der Waals surface area contributed by atoms with E-state index in [1.54, 1.807) is 6.20 Å². The van der Waals surface area contributed by atoms with Gasteiger partial charge in [-0.3, -0.25) is 4.98 Å². The van der Waals surface area contributed by atoms with Crippen LogP contribution in [-0.2, 0) is 0 Å². The maximum absolute atomic E-state index is 6.30. The monoisotopic (exact) mass is 791 g/mol. The van der Waals surface area contributed by atoms with Crippen LogP contribution >= 0.6 is 0 Å². The molecule has 6 nitrogen and oxygen atoms in total. The van der Waals surface area contributed by atoms with E-state index in [0.717, 1.165) is 66.2 Å². The van der Waals surface area contributed by atoms with Crippen molar-refractivity contribution in [2.45, 2.75) is 0 Å². The van der Waals surface area contributed by atoms with Crippen molar-refractivity contribution in [2.75, 3.05) is 0 Å². The highest BCUT2D eigenvalue weighted by molar-refractivity contribution is 6.15. The fourth-order valence-corrected chi connectivity index (χ4v) is 9.38. The average molecular weight is 792 g/mol. The molecule has 13 aromatic rings. The SMILES string of the molecule is c1ccc2cc3c(cc2c1)c1ccccc1n3-c1cc(-c2nc(-c3ccc(-c4cccc5ccccc45)cc3)nc(-c3cccc4oc5cccnc5c34)n2)cc2ccccc12. The van der Waals surface area contributed by atoms with Crippen LogP contribution in [0.5, 0.6) is 0 Å². The summed E-state index contributed by atoms with van der Waals surface area (Å²) in [6.07, 6.45) is 1.80. The molecule has 0 aliphatic carbocycles. The Labute approximate surface area is 355 Å². The molecule has 0 bridgehead atoms. The van der Waals surface area contributed by atoms with Crippen LogP contribution in [0.2, 0.25) is 0 Å². The van der Waals surface area contributed by atoms with Gasteiger partial charge in [0.1, 0.15) is 11.1 Å². The molecule has 4 heterocycles. The molecule has 288 valence electrons. The molecule has 62 heavy (non-hydrogen) atoms. The number of hydrogen-bond acceptors (Lipinski definition) is 5. The third-order valence-electron chi connectivity index (χ3n) is 12.3. The molecule has 6 heteroatoms. The first-order chi connectivity index (χ1) is 30.7. The molecule has 0 fully saturated rings. The molecule has 4 aromatic heterocycles. The number of hydrogen-bond donors (Lipinski definition) is 0. The Morgan fingerprint density at radius 3 is 1.85 bits per heavy atom. The Balaban J connectivity index is 1.06. The molecule has 0 radical (unpaired) electrons. The summed E-state index contributed by atoms with van der Waals surface area (Å²) in [5, 5.41) is 10.3. The van der Waals surface area contributed by atoms with E-state index >= 15 is 0 Å². The summed E-state index contributed by atoms with van der Waals surface area (Å²) in [5.41, 5.74) is 10.4. The lowest BCUT2D eigenvalue weighted by molar-refractivity contribution is 0.668. The number of benzene rings is 9. The number of rotatable bonds is 5. The zero-order valence-electron chi connectivity index (χ0n) is 33.2. The Morgan fingerprint density at radius 2 is 1.00 bits per heavy atom. The van der Waals surface area contributed by atoms with Gasteiger partial charge in [-0.1, -0.05) is 146 Å². The van der Waals surface area contributed by atoms with Crippen LogP contribution in [0.4, 0.5) is 0 Å². The lowest BCUT2D eigenvalue weighted by atomic mass is 9.97. The summed E-state index contributed by atoms with van der Waals surface area (Å²) < 4.78 is 8.70. The highest BCUT2D eigenvalue weighted by Crippen LogP contribution is 2.40. The van der Waals surface area contributed by atoms with Gasteiger partial charge in [-0.25, -0.2) is 15.0 Å². The highest BCUT2D eigenvalue weighted by atomic mass is 16.3. The molecule has 0 N–H and O–H groups in total. The van der Waals surface area contributed by atoms with Gasteiger partial charge in [0.05, 0.1) is 22.1 Å². The zero-order valence-corrected chi connectivity index (χ0v) is 33.2. The summed E-state index contributed by atoms with van der Waals surface area (Å²) in [5.74, 6) is 1.68. The number of furan rings is 1. The lowest BCUT2D eigenvalue weighted by Gasteiger charge is -2.15. The Kier molecular flexibility index (Phi) is 7.50. The van der Waals surface area contributed by atoms with E-state index in [-0.39, 0.29) is 0 Å². The molecule has 0 amide bonds. The van der Waals surface area contributed by atoms with E-state index in [0.29, 0.717) is 23.1 Å². The third kappa shape index (κ3) is 5.37. The summed E-state index contributed by atoms with van der Waals surface area (Å²) in [6, 6.07) is 68.3. The standard InChI is InChI=1S/C56H33N5O/c1-2-14-38-32-49-46(31-37(38)13-1)44-19-7-8-22-47(44)61(49)48-33-40(30-39-15-4-6-18-43(39)48)55-58-54(36-27-25-35(26-28-36)42-20-9-16-34-12-3-5-17-41(34)42)59-56(60-55)45-21-10-23-50-52(45)53-51(62-50)24-11-29-57-53/h1-33H. The van der Waals surface area contributed by atoms with Crippen LogP contribution in [0, 0.1) is 0 Å². The first-order valence-electron chi connectivity index (χ1n) is 20.8. The molecule has 13 rings (SSSR count). The van der Waals surface area contributed by atoms with Gasteiger partial charge in [-0.05, 0) is 86.6 Å². The van der Waals surface area contributed by atoms with Gasteiger partial charge in [0, 0.05) is 39.0 Å². The minimum Gasteiger partial charge on any atom is -0.454 e. The summed E-state index contributed by atoms with van der Waals surface area (Å²) in [7, 11) is 0. The first-order valence-corrected chi connectivity index (χ1v) is 20.8. The largest absolute Gasteiger partial charge is 0.454 e. The Hall–Kier alpha value is -8.48. The molecule has 0 saturated heterocycles. The molecule has 0 saturated carbocycles. The van der Waals surface area contributed by atoms with Crippen LogP contribution in [0.1, 0.15) is 0 Å². The topological polar surface area (TPSA) is 69.6 Å². The molecule has 0 aliphatic rings. The van der Waals surface area contributed by atoms with Gasteiger partial charge in [-0.2, -0.15) is 0 Å². The van der Waals surface area contributed by atoms with Crippen molar-refractivity contribution in [3.63, 3.8) is 0 Å². The predicted molar refractivity (Wildman–Crippen MR) is 254 cm³/mol. The third-order valence-corrected chi connectivity index (χ3v) is 12.3. The van der Waals surface area contributed by atoms with Crippen molar-refractivity contribution < 1.29 is 4.42 Å². The van der Waals surface area contributed by atoms with Gasteiger partial charge in [0.25, 0.3) is 0 Å². The van der Waals surface area contributed by atoms with E-state index in [2.05, 4.69) is 168 Å². The second-order valence-electron chi connectivity index (χ2n) is 15.8. The molecule has 0 unspecified atom stereocenters. The van der Waals surface area contributed by atoms with Crippen molar-refractivity contribution in [3.05, 3.63) is 200 Å². The summed E-state index contributed by atoms with van der Waals surface area (Å²) >= 11 is 0. The van der Waals surface area contributed by atoms with Gasteiger partial charge in [0.15, 0.2) is 23.1 Å². The minimum absolute atomic E-state index is 0.542. The average Bonchev–Trinajstić information content (AvgIpc) is 3.88. The molecular formula is C56H33N5O. The van der Waals surface area contributed by atoms with Gasteiger partial charge in [-0.15, -0.1) is 0 Å². The molecular weight excluding hydrogens is 759 g/mol. The fourth-order valence-electron chi connectivity index (χ4n) is 9.38. The van der Waals surface area contributed by atoms with Crippen molar-refractivity contribution in [2.24, 2.45) is 0 Å². The Morgan fingerprint density at radius 1 is 0.371 bits per heavy atom. The number of fused-ring (bicyclic) bond motifs is 9. The second-order valence-corrected chi connectivity index (χ2v) is 15.8. The van der Waals surface area contributed by atoms with Crippen LogP contribution in [-0.4, -0.2) is 24.5 Å². The van der Waals surface area contributed by atoms with Crippen molar-refractivity contribution >= 4 is 76.2 Å². The zero-order chi connectivity index (χ0) is 40.7. The minimum atomic E-state index is 0.542. The molecule has 0 atom stereocenters. The normalized spacial score (nSPS) is 11.9. The van der Waals surface area contributed by atoms with E-state index < -0.39 is 0 Å². The van der Waals surface area contributed by atoms with E-state index in [4.69, 9.17) is 24.4 Å². The van der Waals surface area contributed by atoms with Crippen LogP contribution < -0.4 is 0 Å². The maximum atomic E-state index is 6.30. The fraction of sp³-hybridized carbons (Fsp3) is 0. The lowest BCUT2D eigenvalue weighted by Crippen LogP contribution is -2.02. The molecule has 9 aromatic carbocycles. The number of nitrogens with zero attached hydrogens (tertiary/aromatic N) is 5. The van der Waals surface area contributed by atoms with Crippen LogP contribution in [0.25, 0.3) is 127 Å². The van der Waals surface area contributed by atoms with E-state index in [1.807, 2.05) is 30.3 Å². The van der Waals surface area contributed by atoms with Gasteiger partial charge >= 0.3 is 0 Å². The quantitative estimate of drug-likeness (QED) is 0.174. The molecule has 0 aliphatic heterocycles. The van der Waals surface area contributed by atoms with Crippen molar-refractivity contribution in [3.8, 4) is 51.0 Å². The highest BCUT2D eigenvalue weighted by Gasteiger charge is 2.21. The number of para-hydroxylation sites is 1. The van der Waals surface area contributed by atoms with Crippen molar-refractivity contribution in [1.82, 2.24) is 24.5 Å². The molecule has 0 spiro atoms. The van der Waals surface area contributed by atoms with Crippen LogP contribution in [0.15, 0.2) is 205 Å². The maximum Gasteiger partial charge on any atom is 0.164 e. The van der Waals surface area contributed by atoms with E-state index in [1.165, 1.54) is 37.9 Å². The first kappa shape index (κ1) is 34.4. The smallest absolute Gasteiger partial charge is 0.164 e. The van der Waals surface area contributed by atoms with Crippen LogP contribution in [0.3, 0.4) is 0 Å². The summed E-state index contributed by atoms with van der Waals surface area (Å²) in [4.78, 5) is 20.6. The van der Waals surface area contributed by atoms with E-state index in [9.17, 15) is 0 Å². The van der Waals surface area contributed by atoms with Gasteiger partial charge in [0.2, 0.25) is 0 Å².